The molecule has 0 aliphatic carbocycles. The predicted octanol–water partition coefficient (Wildman–Crippen LogP) is 3.50. The van der Waals surface area contributed by atoms with Crippen molar-refractivity contribution in [3.8, 4) is 0 Å². The first-order chi connectivity index (χ1) is 11.9. The number of piperidine rings is 1. The first kappa shape index (κ1) is 17.5. The summed E-state index contributed by atoms with van der Waals surface area (Å²) < 4.78 is 7.47. The largest absolute Gasteiger partial charge is 0.383 e. The Morgan fingerprint density at radius 2 is 2.12 bits per heavy atom. The Labute approximate surface area is 149 Å². The van der Waals surface area contributed by atoms with E-state index in [2.05, 4.69) is 51.0 Å². The number of benzene rings is 1. The van der Waals surface area contributed by atoms with E-state index in [9.17, 15) is 0 Å². The summed E-state index contributed by atoms with van der Waals surface area (Å²) in [6, 6.07) is 10.7. The summed E-state index contributed by atoms with van der Waals surface area (Å²) in [4.78, 5) is 8.59. The van der Waals surface area contributed by atoms with Crippen molar-refractivity contribution >= 4 is 11.8 Å². The number of aromatic nitrogens is 2. The van der Waals surface area contributed by atoms with E-state index >= 15 is 0 Å². The fraction of sp³-hybridized carbons (Fsp3) is 0.526. The normalized spacial score (nSPS) is 18.8. The first-order valence-electron chi connectivity index (χ1n) is 8.77. The highest BCUT2D eigenvalue weighted by molar-refractivity contribution is 7.99. The molecule has 130 valence electrons. The van der Waals surface area contributed by atoms with E-state index in [4.69, 9.17) is 4.74 Å². The van der Waals surface area contributed by atoms with Crippen LogP contribution < -0.4 is 0 Å². The van der Waals surface area contributed by atoms with E-state index in [1.807, 2.05) is 18.0 Å². The topological polar surface area (TPSA) is 30.3 Å². The van der Waals surface area contributed by atoms with Gasteiger partial charge in [0.2, 0.25) is 0 Å². The van der Waals surface area contributed by atoms with Crippen LogP contribution in [0.5, 0.6) is 0 Å². The predicted molar refractivity (Wildman–Crippen MR) is 99.7 cm³/mol. The van der Waals surface area contributed by atoms with Gasteiger partial charge in [-0.05, 0) is 31.5 Å². The number of ether oxygens (including phenoxy) is 1. The Morgan fingerprint density at radius 3 is 2.96 bits per heavy atom. The van der Waals surface area contributed by atoms with Crippen LogP contribution in [0.4, 0.5) is 0 Å². The number of hydrogen-bond acceptors (Lipinski definition) is 4. The summed E-state index contributed by atoms with van der Waals surface area (Å²) in [5.74, 6) is 2.93. The molecule has 24 heavy (non-hydrogen) atoms. The lowest BCUT2D eigenvalue weighted by Crippen LogP contribution is -2.36. The van der Waals surface area contributed by atoms with Crippen LogP contribution in [0.1, 0.15) is 24.6 Å². The van der Waals surface area contributed by atoms with Gasteiger partial charge >= 0.3 is 0 Å². The molecule has 1 aliphatic rings. The van der Waals surface area contributed by atoms with E-state index in [0.717, 1.165) is 32.0 Å². The van der Waals surface area contributed by atoms with Gasteiger partial charge in [-0.2, -0.15) is 0 Å². The number of imidazole rings is 1. The lowest BCUT2D eigenvalue weighted by Gasteiger charge is -2.32. The SMILES string of the molecule is COCCn1ccnc1[C@H]1CCCN(CCSc2ccccc2)C1. The van der Waals surface area contributed by atoms with Gasteiger partial charge in [0.15, 0.2) is 0 Å². The molecule has 1 aromatic carbocycles. The van der Waals surface area contributed by atoms with Gasteiger partial charge in [-0.3, -0.25) is 0 Å². The highest BCUT2D eigenvalue weighted by Gasteiger charge is 2.24. The number of rotatable bonds is 8. The molecule has 1 fully saturated rings. The van der Waals surface area contributed by atoms with Crippen molar-refractivity contribution < 1.29 is 4.74 Å². The quantitative estimate of drug-likeness (QED) is 0.685. The summed E-state index contributed by atoms with van der Waals surface area (Å²) in [6.45, 7) is 5.12. The maximum Gasteiger partial charge on any atom is 0.113 e. The molecule has 1 saturated heterocycles. The number of methoxy groups -OCH3 is 1. The van der Waals surface area contributed by atoms with Crippen LogP contribution in [0.15, 0.2) is 47.6 Å². The van der Waals surface area contributed by atoms with E-state index in [1.54, 1.807) is 7.11 Å². The second kappa shape index (κ2) is 9.25. The van der Waals surface area contributed by atoms with Gasteiger partial charge < -0.3 is 14.2 Å². The van der Waals surface area contributed by atoms with Crippen LogP contribution in [-0.2, 0) is 11.3 Å². The number of likely N-dealkylation sites (tertiary alicyclic amines) is 1. The molecular formula is C19H27N3OS. The van der Waals surface area contributed by atoms with Gasteiger partial charge in [0.25, 0.3) is 0 Å². The smallest absolute Gasteiger partial charge is 0.113 e. The van der Waals surface area contributed by atoms with Crippen LogP contribution in [0.2, 0.25) is 0 Å². The van der Waals surface area contributed by atoms with Crippen LogP contribution in [-0.4, -0.2) is 53.6 Å². The Balaban J connectivity index is 1.50. The molecule has 0 bridgehead atoms. The van der Waals surface area contributed by atoms with Gasteiger partial charge in [-0.1, -0.05) is 18.2 Å². The Bertz CT molecular complexity index is 602. The third-order valence-electron chi connectivity index (χ3n) is 4.57. The zero-order valence-electron chi connectivity index (χ0n) is 14.4. The zero-order valence-corrected chi connectivity index (χ0v) is 15.3. The summed E-state index contributed by atoms with van der Waals surface area (Å²) in [5.41, 5.74) is 0. The molecule has 2 heterocycles. The molecule has 4 nitrogen and oxygen atoms in total. The van der Waals surface area contributed by atoms with Gasteiger partial charge in [0.1, 0.15) is 5.82 Å². The molecule has 0 amide bonds. The maximum atomic E-state index is 5.21. The molecule has 0 unspecified atom stereocenters. The Morgan fingerprint density at radius 1 is 1.25 bits per heavy atom. The fourth-order valence-electron chi connectivity index (χ4n) is 3.34. The van der Waals surface area contributed by atoms with Crippen molar-refractivity contribution in [3.05, 3.63) is 48.5 Å². The average molecular weight is 346 g/mol. The molecule has 3 rings (SSSR count). The summed E-state index contributed by atoms with van der Waals surface area (Å²) in [7, 11) is 1.75. The van der Waals surface area contributed by atoms with E-state index in [0.29, 0.717) is 5.92 Å². The van der Waals surface area contributed by atoms with Crippen LogP contribution >= 0.6 is 11.8 Å². The lowest BCUT2D eigenvalue weighted by atomic mass is 9.97. The first-order valence-corrected chi connectivity index (χ1v) is 9.75. The van der Waals surface area contributed by atoms with Crippen LogP contribution in [0, 0.1) is 0 Å². The second-order valence-electron chi connectivity index (χ2n) is 6.27. The van der Waals surface area contributed by atoms with E-state index in [-0.39, 0.29) is 0 Å². The third kappa shape index (κ3) is 4.85. The molecule has 1 aromatic heterocycles. The number of nitrogens with zero attached hydrogens (tertiary/aromatic N) is 3. The highest BCUT2D eigenvalue weighted by atomic mass is 32.2. The van der Waals surface area contributed by atoms with Crippen molar-refractivity contribution in [2.24, 2.45) is 0 Å². The summed E-state index contributed by atoms with van der Waals surface area (Å²) >= 11 is 1.95. The third-order valence-corrected chi connectivity index (χ3v) is 5.57. The minimum atomic E-state index is 0.548. The van der Waals surface area contributed by atoms with Gasteiger partial charge in [0, 0.05) is 55.7 Å². The summed E-state index contributed by atoms with van der Waals surface area (Å²) in [5, 5.41) is 0. The van der Waals surface area contributed by atoms with Crippen molar-refractivity contribution in [1.82, 2.24) is 14.5 Å². The average Bonchev–Trinajstić information content (AvgIpc) is 3.10. The molecule has 1 aliphatic heterocycles. The van der Waals surface area contributed by atoms with Gasteiger partial charge in [-0.15, -0.1) is 11.8 Å². The molecule has 0 saturated carbocycles. The van der Waals surface area contributed by atoms with Gasteiger partial charge in [0.05, 0.1) is 6.61 Å². The van der Waals surface area contributed by atoms with Crippen LogP contribution in [0.25, 0.3) is 0 Å². The molecular weight excluding hydrogens is 318 g/mol. The van der Waals surface area contributed by atoms with Crippen LogP contribution in [0.3, 0.4) is 0 Å². The van der Waals surface area contributed by atoms with Crippen molar-refractivity contribution in [2.75, 3.05) is 39.1 Å². The zero-order chi connectivity index (χ0) is 16.6. The minimum absolute atomic E-state index is 0.548. The second-order valence-corrected chi connectivity index (χ2v) is 7.44. The standard InChI is InChI=1S/C19H27N3OS/c1-23-14-12-22-11-9-20-19(22)17-6-5-10-21(16-17)13-15-24-18-7-3-2-4-8-18/h2-4,7-9,11,17H,5-6,10,12-16H2,1H3/t17-/m0/s1. The molecule has 0 N–H and O–H groups in total. The lowest BCUT2D eigenvalue weighted by molar-refractivity contribution is 0.181. The monoisotopic (exact) mass is 345 g/mol. The van der Waals surface area contributed by atoms with Crippen molar-refractivity contribution in [1.29, 1.82) is 0 Å². The Kier molecular flexibility index (Phi) is 6.75. The van der Waals surface area contributed by atoms with Crippen molar-refractivity contribution in [3.63, 3.8) is 0 Å². The Hall–Kier alpha value is -1.30. The van der Waals surface area contributed by atoms with E-state index < -0.39 is 0 Å². The maximum absolute atomic E-state index is 5.21. The molecule has 0 radical (unpaired) electrons. The molecule has 2 aromatic rings. The summed E-state index contributed by atoms with van der Waals surface area (Å²) in [6.07, 6.45) is 6.51. The van der Waals surface area contributed by atoms with Crippen molar-refractivity contribution in [2.45, 2.75) is 30.2 Å². The fourth-order valence-corrected chi connectivity index (χ4v) is 4.27. The molecule has 1 atom stereocenters. The van der Waals surface area contributed by atoms with E-state index in [1.165, 1.54) is 30.1 Å². The highest BCUT2D eigenvalue weighted by Crippen LogP contribution is 2.26. The molecule has 0 spiro atoms. The van der Waals surface area contributed by atoms with Gasteiger partial charge in [-0.25, -0.2) is 4.98 Å². The number of thioether (sulfide) groups is 1. The number of hydrogen-bond donors (Lipinski definition) is 0. The minimum Gasteiger partial charge on any atom is -0.383 e. The molecule has 5 heteroatoms.